The van der Waals surface area contributed by atoms with Crippen molar-refractivity contribution in [3.05, 3.63) is 34.9 Å². The Morgan fingerprint density at radius 2 is 1.55 bits per heavy atom. The van der Waals surface area contributed by atoms with E-state index in [1.807, 2.05) is 33.8 Å². The Kier molecular flexibility index (Phi) is 6.49. The normalized spacial score (nSPS) is 12.6. The lowest BCUT2D eigenvalue weighted by Crippen LogP contribution is -2.37. The fraction of sp³-hybridized carbons (Fsp3) is 0.600. The van der Waals surface area contributed by atoms with Crippen LogP contribution in [0, 0.1) is 11.8 Å². The fourth-order valence-electron chi connectivity index (χ4n) is 2.02. The van der Waals surface area contributed by atoms with Gasteiger partial charge in [0.25, 0.3) is 0 Å². The van der Waals surface area contributed by atoms with Crippen molar-refractivity contribution in [2.75, 3.05) is 13.1 Å². The quantitative estimate of drug-likeness (QED) is 0.767. The molecule has 1 rings (SSSR count). The lowest BCUT2D eigenvalue weighted by Gasteiger charge is -2.25. The van der Waals surface area contributed by atoms with Gasteiger partial charge in [0.2, 0.25) is 10.0 Å². The second-order valence-electron chi connectivity index (χ2n) is 5.95. The van der Waals surface area contributed by atoms with Crippen molar-refractivity contribution < 1.29 is 8.42 Å². The maximum absolute atomic E-state index is 12.6. The maximum atomic E-state index is 12.6. The fourth-order valence-corrected chi connectivity index (χ4v) is 4.18. The molecular formula is C15H24ClNO2S. The molecule has 5 heteroatoms. The van der Waals surface area contributed by atoms with Gasteiger partial charge in [-0.25, -0.2) is 12.7 Å². The monoisotopic (exact) mass is 317 g/mol. The first-order valence-electron chi connectivity index (χ1n) is 6.93. The number of sulfonamides is 1. The van der Waals surface area contributed by atoms with Crippen LogP contribution in [0.25, 0.3) is 0 Å². The molecule has 0 aromatic heterocycles. The minimum absolute atomic E-state index is 0.0356. The van der Waals surface area contributed by atoms with E-state index in [1.165, 1.54) is 0 Å². The van der Waals surface area contributed by atoms with Crippen LogP contribution in [0.4, 0.5) is 0 Å². The van der Waals surface area contributed by atoms with E-state index >= 15 is 0 Å². The zero-order chi connectivity index (χ0) is 15.3. The molecule has 3 nitrogen and oxygen atoms in total. The number of halogens is 1. The minimum Gasteiger partial charge on any atom is -0.212 e. The highest BCUT2D eigenvalue weighted by molar-refractivity contribution is 7.88. The molecule has 114 valence electrons. The van der Waals surface area contributed by atoms with Gasteiger partial charge in [-0.1, -0.05) is 57.5 Å². The van der Waals surface area contributed by atoms with Crippen LogP contribution in [-0.4, -0.2) is 25.8 Å². The van der Waals surface area contributed by atoms with Crippen LogP contribution in [0.15, 0.2) is 24.3 Å². The third-order valence-electron chi connectivity index (χ3n) is 2.83. The summed E-state index contributed by atoms with van der Waals surface area (Å²) < 4.78 is 26.8. The van der Waals surface area contributed by atoms with E-state index in [2.05, 4.69) is 0 Å². The molecule has 1 aromatic carbocycles. The molecular weight excluding hydrogens is 294 g/mol. The SMILES string of the molecule is CC(C)CN(CC(C)C)S(=O)(=O)Cc1ccccc1Cl. The maximum Gasteiger partial charge on any atom is 0.218 e. The average Bonchev–Trinajstić information content (AvgIpc) is 2.30. The van der Waals surface area contributed by atoms with E-state index in [9.17, 15) is 8.42 Å². The van der Waals surface area contributed by atoms with Crippen molar-refractivity contribution in [2.24, 2.45) is 11.8 Å². The highest BCUT2D eigenvalue weighted by Gasteiger charge is 2.24. The molecule has 0 atom stereocenters. The summed E-state index contributed by atoms with van der Waals surface area (Å²) in [6.45, 7) is 9.20. The number of hydrogen-bond acceptors (Lipinski definition) is 2. The van der Waals surface area contributed by atoms with Crippen LogP contribution < -0.4 is 0 Å². The largest absolute Gasteiger partial charge is 0.218 e. The molecule has 0 fully saturated rings. The second-order valence-corrected chi connectivity index (χ2v) is 8.33. The summed E-state index contributed by atoms with van der Waals surface area (Å²) in [6.07, 6.45) is 0. The molecule has 0 aliphatic rings. The van der Waals surface area contributed by atoms with Crippen LogP contribution in [0.3, 0.4) is 0 Å². The third kappa shape index (κ3) is 5.43. The van der Waals surface area contributed by atoms with Crippen LogP contribution in [0.1, 0.15) is 33.3 Å². The molecule has 0 bridgehead atoms. The molecule has 0 radical (unpaired) electrons. The summed E-state index contributed by atoms with van der Waals surface area (Å²) in [7, 11) is -3.34. The number of hydrogen-bond donors (Lipinski definition) is 0. The summed E-state index contributed by atoms with van der Waals surface area (Å²) in [5, 5.41) is 0.505. The van der Waals surface area contributed by atoms with Crippen molar-refractivity contribution in [3.63, 3.8) is 0 Å². The minimum atomic E-state index is -3.34. The predicted octanol–water partition coefficient (Wildman–Crippen LogP) is 3.78. The average molecular weight is 318 g/mol. The summed E-state index contributed by atoms with van der Waals surface area (Å²) in [4.78, 5) is 0. The molecule has 1 aromatic rings. The van der Waals surface area contributed by atoms with Crippen LogP contribution in [-0.2, 0) is 15.8 Å². The molecule has 0 saturated carbocycles. The summed E-state index contributed by atoms with van der Waals surface area (Å²) >= 11 is 6.06. The van der Waals surface area contributed by atoms with Gasteiger partial charge in [-0.05, 0) is 23.5 Å². The number of nitrogens with zero attached hydrogens (tertiary/aromatic N) is 1. The van der Waals surface area contributed by atoms with E-state index in [0.29, 0.717) is 35.5 Å². The topological polar surface area (TPSA) is 37.4 Å². The van der Waals surface area contributed by atoms with Gasteiger partial charge in [0, 0.05) is 18.1 Å². The molecule has 0 saturated heterocycles. The van der Waals surface area contributed by atoms with Gasteiger partial charge in [0.05, 0.1) is 5.75 Å². The second kappa shape index (κ2) is 7.43. The summed E-state index contributed by atoms with van der Waals surface area (Å²) in [5.41, 5.74) is 0.659. The molecule has 0 aliphatic carbocycles. The molecule has 0 amide bonds. The Labute approximate surface area is 128 Å². The first-order valence-corrected chi connectivity index (χ1v) is 8.92. The molecule has 0 spiro atoms. The molecule has 0 aliphatic heterocycles. The standard InChI is InChI=1S/C15H24ClNO2S/c1-12(2)9-17(10-13(3)4)20(18,19)11-14-7-5-6-8-15(14)16/h5-8,12-13H,9-11H2,1-4H3. The van der Waals surface area contributed by atoms with Crippen molar-refractivity contribution in [1.82, 2.24) is 4.31 Å². The third-order valence-corrected chi connectivity index (χ3v) is 4.96. The zero-order valence-corrected chi connectivity index (χ0v) is 14.2. The van der Waals surface area contributed by atoms with Gasteiger partial charge in [0.15, 0.2) is 0 Å². The van der Waals surface area contributed by atoms with Gasteiger partial charge in [-0.15, -0.1) is 0 Å². The lowest BCUT2D eigenvalue weighted by atomic mass is 10.2. The van der Waals surface area contributed by atoms with E-state index in [0.717, 1.165) is 0 Å². The van der Waals surface area contributed by atoms with Gasteiger partial charge in [0.1, 0.15) is 0 Å². The number of rotatable bonds is 7. The first kappa shape index (κ1) is 17.5. The predicted molar refractivity (Wildman–Crippen MR) is 85.3 cm³/mol. The van der Waals surface area contributed by atoms with Crippen molar-refractivity contribution >= 4 is 21.6 Å². The van der Waals surface area contributed by atoms with Crippen molar-refractivity contribution in [2.45, 2.75) is 33.4 Å². The molecule has 20 heavy (non-hydrogen) atoms. The lowest BCUT2D eigenvalue weighted by molar-refractivity contribution is 0.333. The Morgan fingerprint density at radius 1 is 1.05 bits per heavy atom. The van der Waals surface area contributed by atoms with Gasteiger partial charge < -0.3 is 0 Å². The van der Waals surface area contributed by atoms with Crippen molar-refractivity contribution in [1.29, 1.82) is 0 Å². The van der Waals surface area contributed by atoms with Gasteiger partial charge >= 0.3 is 0 Å². The summed E-state index contributed by atoms with van der Waals surface area (Å²) in [5.74, 6) is 0.566. The smallest absolute Gasteiger partial charge is 0.212 e. The van der Waals surface area contributed by atoms with E-state index in [-0.39, 0.29) is 5.75 Å². The highest BCUT2D eigenvalue weighted by atomic mass is 35.5. The Hall–Kier alpha value is -0.580. The van der Waals surface area contributed by atoms with Crippen LogP contribution in [0.5, 0.6) is 0 Å². The molecule has 0 heterocycles. The van der Waals surface area contributed by atoms with Crippen molar-refractivity contribution in [3.8, 4) is 0 Å². The van der Waals surface area contributed by atoms with Gasteiger partial charge in [-0.3, -0.25) is 0 Å². The highest BCUT2D eigenvalue weighted by Crippen LogP contribution is 2.20. The van der Waals surface area contributed by atoms with Crippen LogP contribution in [0.2, 0.25) is 5.02 Å². The first-order chi connectivity index (χ1) is 9.22. The zero-order valence-electron chi connectivity index (χ0n) is 12.6. The Balaban J connectivity index is 2.95. The van der Waals surface area contributed by atoms with E-state index < -0.39 is 10.0 Å². The summed E-state index contributed by atoms with van der Waals surface area (Å²) in [6, 6.07) is 7.11. The molecule has 0 N–H and O–H groups in total. The Bertz CT molecular complexity index is 516. The van der Waals surface area contributed by atoms with E-state index in [4.69, 9.17) is 11.6 Å². The van der Waals surface area contributed by atoms with Gasteiger partial charge in [-0.2, -0.15) is 0 Å². The molecule has 0 unspecified atom stereocenters. The van der Waals surface area contributed by atoms with Crippen LogP contribution >= 0.6 is 11.6 Å². The van der Waals surface area contributed by atoms with E-state index in [1.54, 1.807) is 22.5 Å². The number of benzene rings is 1. The Morgan fingerprint density at radius 3 is 2.00 bits per heavy atom.